The summed E-state index contributed by atoms with van der Waals surface area (Å²) >= 11 is 5.72. The van der Waals surface area contributed by atoms with E-state index in [1.54, 1.807) is 18.2 Å². The first-order chi connectivity index (χ1) is 8.91. The van der Waals surface area contributed by atoms with Gasteiger partial charge in [-0.3, -0.25) is 14.9 Å². The number of halogens is 1. The second-order valence-electron chi connectivity index (χ2n) is 4.30. The summed E-state index contributed by atoms with van der Waals surface area (Å²) < 4.78 is 20.9. The van der Waals surface area contributed by atoms with Gasteiger partial charge in [-0.05, 0) is 25.0 Å². The van der Waals surface area contributed by atoms with Crippen LogP contribution in [0.3, 0.4) is 0 Å². The van der Waals surface area contributed by atoms with Crippen LogP contribution in [0.2, 0.25) is 5.02 Å². The zero-order valence-electron chi connectivity index (χ0n) is 9.98. The Balaban J connectivity index is 0.000000163. The average Bonchev–Trinajstić information content (AvgIpc) is 2.85. The molecule has 1 N–H and O–H groups in total. The van der Waals surface area contributed by atoms with Crippen molar-refractivity contribution in [3.05, 3.63) is 34.3 Å². The molecule has 0 unspecified atom stereocenters. The first-order valence-corrected chi connectivity index (χ1v) is 7.95. The summed E-state index contributed by atoms with van der Waals surface area (Å²) in [6.07, 6.45) is 1.75. The highest BCUT2D eigenvalue weighted by molar-refractivity contribution is 7.91. The van der Waals surface area contributed by atoms with Gasteiger partial charge in [-0.15, -0.1) is 0 Å². The maximum absolute atomic E-state index is 11.1. The smallest absolute Gasteiger partial charge is 0.260 e. The summed E-state index contributed by atoms with van der Waals surface area (Å²) in [5, 5.41) is 2.48. The highest BCUT2D eigenvalue weighted by Gasteiger charge is 2.28. The Morgan fingerprint density at radius 1 is 1.05 bits per heavy atom. The molecule has 2 aliphatic heterocycles. The minimum absolute atomic E-state index is 0.282. The van der Waals surface area contributed by atoms with Crippen LogP contribution >= 0.6 is 11.6 Å². The molecule has 7 heteroatoms. The number of carbonyl (C=O) groups is 2. The lowest BCUT2D eigenvalue weighted by Gasteiger charge is -1.94. The van der Waals surface area contributed by atoms with Gasteiger partial charge < -0.3 is 0 Å². The van der Waals surface area contributed by atoms with Gasteiger partial charge in [0.25, 0.3) is 11.8 Å². The first kappa shape index (κ1) is 14.0. The van der Waals surface area contributed by atoms with Gasteiger partial charge in [0.2, 0.25) is 0 Å². The molecule has 1 saturated heterocycles. The van der Waals surface area contributed by atoms with Crippen LogP contribution in [0.1, 0.15) is 33.6 Å². The van der Waals surface area contributed by atoms with Crippen molar-refractivity contribution in [2.45, 2.75) is 12.8 Å². The van der Waals surface area contributed by atoms with Gasteiger partial charge in [-0.25, -0.2) is 8.42 Å². The molecule has 0 atom stereocenters. The Bertz CT molecular complexity index is 627. The maximum Gasteiger partial charge on any atom is 0.260 e. The van der Waals surface area contributed by atoms with Gasteiger partial charge in [0.1, 0.15) is 9.84 Å². The predicted molar refractivity (Wildman–Crippen MR) is 71.1 cm³/mol. The Hall–Kier alpha value is -1.40. The summed E-state index contributed by atoms with van der Waals surface area (Å²) in [7, 11) is -2.55. The topological polar surface area (TPSA) is 80.3 Å². The van der Waals surface area contributed by atoms with E-state index < -0.39 is 15.7 Å². The van der Waals surface area contributed by atoms with E-state index in [4.69, 9.17) is 11.6 Å². The van der Waals surface area contributed by atoms with E-state index in [1.165, 1.54) is 0 Å². The summed E-state index contributed by atoms with van der Waals surface area (Å²) in [4.78, 5) is 22.1. The molecule has 0 aromatic heterocycles. The molecule has 0 aliphatic carbocycles. The lowest BCUT2D eigenvalue weighted by Crippen LogP contribution is -2.19. The van der Waals surface area contributed by atoms with Crippen LogP contribution in [0.15, 0.2) is 18.2 Å². The second kappa shape index (κ2) is 5.30. The lowest BCUT2D eigenvalue weighted by molar-refractivity contribution is 0.0879. The molecule has 1 fully saturated rings. The number of imide groups is 1. The molecule has 0 bridgehead atoms. The van der Waals surface area contributed by atoms with Crippen LogP contribution in [0, 0.1) is 0 Å². The molecule has 1 aromatic rings. The van der Waals surface area contributed by atoms with Crippen molar-refractivity contribution in [3.8, 4) is 0 Å². The van der Waals surface area contributed by atoms with Crippen molar-refractivity contribution in [1.82, 2.24) is 5.32 Å². The average molecular weight is 302 g/mol. The molecule has 19 heavy (non-hydrogen) atoms. The van der Waals surface area contributed by atoms with Crippen LogP contribution in [-0.4, -0.2) is 31.7 Å². The van der Waals surface area contributed by atoms with E-state index in [0.717, 1.165) is 12.8 Å². The third-order valence-corrected chi connectivity index (χ3v) is 5.01. The SMILES string of the molecule is O=C1NC(=O)c2c(Cl)cccc21.O=S1(=O)CCCC1. The maximum atomic E-state index is 11.1. The Morgan fingerprint density at radius 3 is 2.16 bits per heavy atom. The Kier molecular flexibility index (Phi) is 3.91. The molecular formula is C12H12ClNO4S. The number of benzene rings is 1. The van der Waals surface area contributed by atoms with Crippen LogP contribution in [0.4, 0.5) is 0 Å². The predicted octanol–water partition coefficient (Wildman–Crippen LogP) is 1.42. The molecule has 0 radical (unpaired) electrons. The highest BCUT2D eigenvalue weighted by Crippen LogP contribution is 2.23. The molecular weight excluding hydrogens is 290 g/mol. The van der Waals surface area contributed by atoms with Gasteiger partial charge >= 0.3 is 0 Å². The van der Waals surface area contributed by atoms with Crippen molar-refractivity contribution in [2.24, 2.45) is 0 Å². The van der Waals surface area contributed by atoms with Gasteiger partial charge in [-0.1, -0.05) is 17.7 Å². The largest absolute Gasteiger partial charge is 0.288 e. The van der Waals surface area contributed by atoms with Crippen LogP contribution < -0.4 is 5.32 Å². The number of amides is 2. The van der Waals surface area contributed by atoms with Crippen molar-refractivity contribution in [1.29, 1.82) is 0 Å². The Labute approximate surface area is 115 Å². The third-order valence-electron chi connectivity index (χ3n) is 2.87. The number of rotatable bonds is 0. The Morgan fingerprint density at radius 2 is 1.68 bits per heavy atom. The minimum atomic E-state index is -2.55. The van der Waals surface area contributed by atoms with E-state index >= 15 is 0 Å². The van der Waals surface area contributed by atoms with Gasteiger partial charge in [0.15, 0.2) is 0 Å². The summed E-state index contributed by atoms with van der Waals surface area (Å²) in [5.74, 6) is 0.0538. The lowest BCUT2D eigenvalue weighted by atomic mass is 10.1. The highest BCUT2D eigenvalue weighted by atomic mass is 35.5. The molecule has 3 rings (SSSR count). The molecule has 5 nitrogen and oxygen atoms in total. The van der Waals surface area contributed by atoms with E-state index in [0.29, 0.717) is 22.1 Å². The van der Waals surface area contributed by atoms with Crippen LogP contribution in [0.5, 0.6) is 0 Å². The zero-order chi connectivity index (χ0) is 14.0. The number of hydrogen-bond acceptors (Lipinski definition) is 4. The summed E-state index contributed by atoms with van der Waals surface area (Å²) in [6.45, 7) is 0. The quantitative estimate of drug-likeness (QED) is 0.735. The standard InChI is InChI=1S/C8H4ClNO2.C4H8O2S/c9-5-3-1-2-4-6(5)8(12)10-7(4)11;5-7(6)3-1-2-4-7/h1-3H,(H,10,11,12);1-4H2. The molecule has 1 aromatic carbocycles. The van der Waals surface area contributed by atoms with Crippen molar-refractivity contribution in [3.63, 3.8) is 0 Å². The van der Waals surface area contributed by atoms with E-state index in [-0.39, 0.29) is 11.5 Å². The van der Waals surface area contributed by atoms with Gasteiger partial charge in [0, 0.05) is 0 Å². The minimum Gasteiger partial charge on any atom is -0.288 e. The van der Waals surface area contributed by atoms with Gasteiger partial charge in [0.05, 0.1) is 27.7 Å². The van der Waals surface area contributed by atoms with E-state index in [9.17, 15) is 18.0 Å². The van der Waals surface area contributed by atoms with Crippen molar-refractivity contribution in [2.75, 3.05) is 11.5 Å². The summed E-state index contributed by atoms with van der Waals surface area (Å²) in [6, 6.07) is 4.79. The molecule has 2 amide bonds. The fraction of sp³-hybridized carbons (Fsp3) is 0.333. The molecule has 102 valence electrons. The van der Waals surface area contributed by atoms with Gasteiger partial charge in [-0.2, -0.15) is 0 Å². The molecule has 0 saturated carbocycles. The summed E-state index contributed by atoms with van der Waals surface area (Å²) in [5.41, 5.74) is 0.636. The first-order valence-electron chi connectivity index (χ1n) is 5.75. The fourth-order valence-electron chi connectivity index (χ4n) is 1.92. The van der Waals surface area contributed by atoms with Crippen molar-refractivity contribution < 1.29 is 18.0 Å². The number of sulfone groups is 1. The van der Waals surface area contributed by atoms with Crippen molar-refractivity contribution >= 4 is 33.3 Å². The number of carbonyl (C=O) groups excluding carboxylic acids is 2. The number of fused-ring (bicyclic) bond motifs is 1. The monoisotopic (exact) mass is 301 g/mol. The zero-order valence-corrected chi connectivity index (χ0v) is 11.6. The van der Waals surface area contributed by atoms with E-state index in [1.807, 2.05) is 0 Å². The van der Waals surface area contributed by atoms with E-state index in [2.05, 4.69) is 5.32 Å². The normalized spacial score (nSPS) is 19.4. The number of nitrogens with one attached hydrogen (secondary N) is 1. The molecule has 2 heterocycles. The van der Waals surface area contributed by atoms with Crippen LogP contribution in [-0.2, 0) is 9.84 Å². The fourth-order valence-corrected chi connectivity index (χ4v) is 3.68. The second-order valence-corrected chi connectivity index (χ2v) is 7.02. The third kappa shape index (κ3) is 3.13. The molecule has 0 spiro atoms. The van der Waals surface area contributed by atoms with Crippen LogP contribution in [0.25, 0.3) is 0 Å². The number of hydrogen-bond donors (Lipinski definition) is 1. The molecule has 2 aliphatic rings.